The van der Waals surface area contributed by atoms with Gasteiger partial charge in [-0.3, -0.25) is 19.2 Å². The summed E-state index contributed by atoms with van der Waals surface area (Å²) in [5.74, 6) is -1.20. The van der Waals surface area contributed by atoms with Crippen LogP contribution in [0, 0.1) is 10.1 Å². The molecule has 2 aromatic rings. The topological polar surface area (TPSA) is 118 Å². The zero-order valence-electron chi connectivity index (χ0n) is 12.7. The highest BCUT2D eigenvalue weighted by molar-refractivity contribution is 7.93. The Morgan fingerprint density at radius 2 is 1.76 bits per heavy atom. The van der Waals surface area contributed by atoms with Crippen LogP contribution in [0.2, 0.25) is 5.02 Å². The highest BCUT2D eigenvalue weighted by Gasteiger charge is 2.31. The Bertz CT molecular complexity index is 898. The minimum atomic E-state index is -4.35. The molecule has 0 radical (unpaired) electrons. The molecule has 0 saturated carbocycles. The number of hydrogen-bond acceptors (Lipinski definition) is 5. The molecule has 0 aliphatic rings. The molecule has 0 atom stereocenters. The van der Waals surface area contributed by atoms with E-state index in [9.17, 15) is 23.3 Å². The maximum Gasteiger partial charge on any atom is 0.305 e. The number of halogens is 1. The predicted molar refractivity (Wildman–Crippen MR) is 91.3 cm³/mol. The normalized spacial score (nSPS) is 11.1. The Kier molecular flexibility index (Phi) is 5.60. The summed E-state index contributed by atoms with van der Waals surface area (Å²) < 4.78 is 26.7. The molecule has 0 spiro atoms. The van der Waals surface area contributed by atoms with Gasteiger partial charge in [0.2, 0.25) is 0 Å². The van der Waals surface area contributed by atoms with Crippen LogP contribution in [0.5, 0.6) is 0 Å². The largest absolute Gasteiger partial charge is 0.481 e. The van der Waals surface area contributed by atoms with Gasteiger partial charge in [-0.1, -0.05) is 23.7 Å². The molecule has 0 heterocycles. The Hall–Kier alpha value is -2.65. The van der Waals surface area contributed by atoms with Crippen molar-refractivity contribution in [3.8, 4) is 0 Å². The lowest BCUT2D eigenvalue weighted by Gasteiger charge is -2.23. The van der Waals surface area contributed by atoms with Crippen LogP contribution in [-0.4, -0.2) is 31.0 Å². The van der Waals surface area contributed by atoms with Crippen molar-refractivity contribution in [3.63, 3.8) is 0 Å². The van der Waals surface area contributed by atoms with Gasteiger partial charge in [0.25, 0.3) is 15.7 Å². The molecule has 0 fully saturated rings. The summed E-state index contributed by atoms with van der Waals surface area (Å²) in [5, 5.41) is 20.4. The summed E-state index contributed by atoms with van der Waals surface area (Å²) in [5.41, 5.74) is -0.430. The van der Waals surface area contributed by atoms with Gasteiger partial charge >= 0.3 is 5.97 Å². The summed E-state index contributed by atoms with van der Waals surface area (Å²) in [7, 11) is -4.35. The van der Waals surface area contributed by atoms with Crippen LogP contribution in [0.25, 0.3) is 0 Å². The van der Waals surface area contributed by atoms with Crippen LogP contribution >= 0.6 is 11.6 Å². The van der Waals surface area contributed by atoms with E-state index in [1.165, 1.54) is 36.4 Å². The molecule has 132 valence electrons. The maximum absolute atomic E-state index is 13.0. The van der Waals surface area contributed by atoms with E-state index in [2.05, 4.69) is 0 Å². The second-order valence-corrected chi connectivity index (χ2v) is 7.19. The number of nitro benzene ring substituents is 1. The molecule has 2 aromatic carbocycles. The fourth-order valence-electron chi connectivity index (χ4n) is 2.14. The molecule has 0 amide bonds. The molecule has 2 rings (SSSR count). The lowest BCUT2D eigenvalue weighted by molar-refractivity contribution is -0.387. The molecule has 0 bridgehead atoms. The number of carboxylic acids is 1. The molecule has 8 nitrogen and oxygen atoms in total. The number of carbonyl (C=O) groups is 1. The monoisotopic (exact) mass is 384 g/mol. The van der Waals surface area contributed by atoms with Crippen molar-refractivity contribution in [2.75, 3.05) is 10.8 Å². The lowest BCUT2D eigenvalue weighted by atomic mass is 10.3. The first kappa shape index (κ1) is 18.7. The fourth-order valence-corrected chi connectivity index (χ4v) is 3.89. The average molecular weight is 385 g/mol. The second-order valence-electron chi connectivity index (χ2n) is 4.92. The Balaban J connectivity index is 2.57. The molecular weight excluding hydrogens is 372 g/mol. The number of nitro groups is 1. The van der Waals surface area contributed by atoms with Gasteiger partial charge in [0.15, 0.2) is 4.90 Å². The summed E-state index contributed by atoms with van der Waals surface area (Å²) in [6.07, 6.45) is -0.470. The van der Waals surface area contributed by atoms with Gasteiger partial charge in [-0.25, -0.2) is 8.42 Å². The lowest BCUT2D eigenvalue weighted by Crippen LogP contribution is -2.33. The van der Waals surface area contributed by atoms with Crippen molar-refractivity contribution >= 4 is 39.0 Å². The van der Waals surface area contributed by atoms with Crippen molar-refractivity contribution in [2.24, 2.45) is 0 Å². The molecule has 0 unspecified atom stereocenters. The van der Waals surface area contributed by atoms with Crippen LogP contribution < -0.4 is 4.31 Å². The minimum Gasteiger partial charge on any atom is -0.481 e. The third-order valence-electron chi connectivity index (χ3n) is 3.27. The Morgan fingerprint density at radius 3 is 2.32 bits per heavy atom. The standard InChI is InChI=1S/C15H13ClN2O6S/c16-11-5-7-12(8-6-11)17(10-9-15(19)20)25(23,24)14-4-2-1-3-13(14)18(21)22/h1-8H,9-10H2,(H,19,20). The third-order valence-corrected chi connectivity index (χ3v) is 5.40. The van der Waals surface area contributed by atoms with Gasteiger partial charge < -0.3 is 5.11 Å². The number of nitrogens with zero attached hydrogens (tertiary/aromatic N) is 2. The Labute approximate surface area is 148 Å². The van der Waals surface area contributed by atoms with Gasteiger partial charge in [0.1, 0.15) is 0 Å². The molecule has 10 heteroatoms. The number of carboxylic acid groups (broad SMARTS) is 1. The number of anilines is 1. The fraction of sp³-hybridized carbons (Fsp3) is 0.133. The zero-order valence-corrected chi connectivity index (χ0v) is 14.3. The van der Waals surface area contributed by atoms with Crippen LogP contribution in [0.15, 0.2) is 53.4 Å². The summed E-state index contributed by atoms with van der Waals surface area (Å²) in [6, 6.07) is 10.6. The molecule has 0 saturated heterocycles. The van der Waals surface area contributed by atoms with Gasteiger partial charge in [0, 0.05) is 17.6 Å². The molecule has 0 aliphatic heterocycles. The van der Waals surface area contributed by atoms with Gasteiger partial charge in [0.05, 0.1) is 17.0 Å². The highest BCUT2D eigenvalue weighted by Crippen LogP contribution is 2.30. The van der Waals surface area contributed by atoms with Crippen molar-refractivity contribution in [2.45, 2.75) is 11.3 Å². The highest BCUT2D eigenvalue weighted by atomic mass is 35.5. The van der Waals surface area contributed by atoms with E-state index in [0.29, 0.717) is 5.02 Å². The zero-order chi connectivity index (χ0) is 18.6. The number of rotatable bonds is 7. The maximum atomic E-state index is 13.0. The second kappa shape index (κ2) is 7.49. The first-order valence-electron chi connectivity index (χ1n) is 6.97. The number of para-hydroxylation sites is 1. The van der Waals surface area contributed by atoms with E-state index in [4.69, 9.17) is 16.7 Å². The molecule has 1 N–H and O–H groups in total. The number of hydrogen-bond donors (Lipinski definition) is 1. The number of benzene rings is 2. The van der Waals surface area contributed by atoms with Crippen molar-refractivity contribution in [1.82, 2.24) is 0 Å². The van der Waals surface area contributed by atoms with Crippen molar-refractivity contribution in [1.29, 1.82) is 0 Å². The van der Waals surface area contributed by atoms with Crippen LogP contribution in [0.1, 0.15) is 6.42 Å². The number of sulfonamides is 1. The van der Waals surface area contributed by atoms with Gasteiger partial charge in [-0.2, -0.15) is 0 Å². The third kappa shape index (κ3) is 4.25. The molecule has 25 heavy (non-hydrogen) atoms. The van der Waals surface area contributed by atoms with E-state index in [0.717, 1.165) is 16.4 Å². The predicted octanol–water partition coefficient (Wildman–Crippen LogP) is 2.92. The first-order chi connectivity index (χ1) is 11.7. The van der Waals surface area contributed by atoms with E-state index in [-0.39, 0.29) is 12.2 Å². The minimum absolute atomic E-state index is 0.156. The Morgan fingerprint density at radius 1 is 1.16 bits per heavy atom. The SMILES string of the molecule is O=C(O)CCN(c1ccc(Cl)cc1)S(=O)(=O)c1ccccc1[N+](=O)[O-]. The van der Waals surface area contributed by atoms with E-state index in [1.807, 2.05) is 0 Å². The van der Waals surface area contributed by atoms with Crippen LogP contribution in [0.4, 0.5) is 11.4 Å². The smallest absolute Gasteiger partial charge is 0.305 e. The van der Waals surface area contributed by atoms with Crippen molar-refractivity contribution < 1.29 is 23.2 Å². The van der Waals surface area contributed by atoms with Gasteiger partial charge in [-0.05, 0) is 30.3 Å². The molecule has 0 aliphatic carbocycles. The van der Waals surface area contributed by atoms with E-state index in [1.54, 1.807) is 0 Å². The quantitative estimate of drug-likeness (QED) is 0.579. The van der Waals surface area contributed by atoms with Crippen LogP contribution in [0.3, 0.4) is 0 Å². The summed E-state index contributed by atoms with van der Waals surface area (Å²) >= 11 is 5.79. The van der Waals surface area contributed by atoms with Crippen molar-refractivity contribution in [3.05, 3.63) is 63.7 Å². The summed E-state index contributed by atoms with van der Waals surface area (Å²) in [6.45, 7) is -0.384. The van der Waals surface area contributed by atoms with E-state index >= 15 is 0 Å². The first-order valence-corrected chi connectivity index (χ1v) is 8.79. The van der Waals surface area contributed by atoms with Crippen LogP contribution in [-0.2, 0) is 14.8 Å². The van der Waals surface area contributed by atoms with E-state index < -0.39 is 37.9 Å². The summed E-state index contributed by atoms with van der Waals surface area (Å²) in [4.78, 5) is 20.7. The van der Waals surface area contributed by atoms with Gasteiger partial charge in [-0.15, -0.1) is 0 Å². The molecular formula is C15H13ClN2O6S. The molecule has 0 aromatic heterocycles. The number of aliphatic carboxylic acids is 1. The average Bonchev–Trinajstić information content (AvgIpc) is 2.56.